The lowest BCUT2D eigenvalue weighted by Gasteiger charge is -2.31. The highest BCUT2D eigenvalue weighted by molar-refractivity contribution is 6.05. The summed E-state index contributed by atoms with van der Waals surface area (Å²) in [5.41, 5.74) is 2.36. The molecule has 2 aromatic heterocycles. The molecule has 2 atom stereocenters. The molecule has 114 valence electrons. The van der Waals surface area contributed by atoms with E-state index in [2.05, 4.69) is 15.3 Å². The highest BCUT2D eigenvalue weighted by atomic mass is 16.3. The Bertz CT molecular complexity index is 799. The second-order valence-electron chi connectivity index (χ2n) is 5.98. The van der Waals surface area contributed by atoms with Crippen molar-refractivity contribution in [3.63, 3.8) is 0 Å². The Morgan fingerprint density at radius 1 is 1.18 bits per heavy atom. The zero-order valence-electron chi connectivity index (χ0n) is 12.3. The second-order valence-corrected chi connectivity index (χ2v) is 5.98. The third-order valence-corrected chi connectivity index (χ3v) is 4.62. The SMILES string of the molecule is OC[C@H]1CCCC[C@@H]1Nc1ncnc2c1oc1ccccc12. The molecule has 0 amide bonds. The lowest BCUT2D eigenvalue weighted by atomic mass is 9.85. The van der Waals surface area contributed by atoms with E-state index in [1.165, 1.54) is 12.8 Å². The number of aromatic nitrogens is 2. The molecule has 1 fully saturated rings. The zero-order valence-corrected chi connectivity index (χ0v) is 12.3. The van der Waals surface area contributed by atoms with Crippen LogP contribution in [-0.4, -0.2) is 27.7 Å². The van der Waals surface area contributed by atoms with Crippen LogP contribution in [0.25, 0.3) is 22.1 Å². The Labute approximate surface area is 128 Å². The first kappa shape index (κ1) is 13.5. The Morgan fingerprint density at radius 3 is 2.95 bits per heavy atom. The van der Waals surface area contributed by atoms with Gasteiger partial charge in [0.2, 0.25) is 0 Å². The molecule has 0 radical (unpaired) electrons. The van der Waals surface area contributed by atoms with Crippen LogP contribution in [0.2, 0.25) is 0 Å². The van der Waals surface area contributed by atoms with Gasteiger partial charge in [0.25, 0.3) is 0 Å². The second kappa shape index (κ2) is 5.57. The molecule has 2 heterocycles. The summed E-state index contributed by atoms with van der Waals surface area (Å²) in [5.74, 6) is 1.01. The van der Waals surface area contributed by atoms with E-state index in [9.17, 15) is 5.11 Å². The van der Waals surface area contributed by atoms with Gasteiger partial charge in [-0.15, -0.1) is 0 Å². The molecule has 22 heavy (non-hydrogen) atoms. The normalized spacial score (nSPS) is 22.2. The number of hydrogen-bond acceptors (Lipinski definition) is 5. The van der Waals surface area contributed by atoms with E-state index in [0.717, 1.165) is 35.1 Å². The van der Waals surface area contributed by atoms with Gasteiger partial charge in [-0.05, 0) is 25.0 Å². The molecule has 0 saturated heterocycles. The van der Waals surface area contributed by atoms with Gasteiger partial charge in [0, 0.05) is 24.0 Å². The molecule has 4 rings (SSSR count). The Morgan fingerprint density at radius 2 is 2.05 bits per heavy atom. The number of rotatable bonds is 3. The van der Waals surface area contributed by atoms with Crippen LogP contribution in [0.4, 0.5) is 5.82 Å². The molecule has 0 unspecified atom stereocenters. The first-order valence-corrected chi connectivity index (χ1v) is 7.86. The standard InChI is InChI=1S/C17H19N3O2/c21-9-11-5-1-3-7-13(11)20-17-16-15(18-10-19-17)12-6-2-4-8-14(12)22-16/h2,4,6,8,10-11,13,21H,1,3,5,7,9H2,(H,18,19,20)/t11-,13+/m1/s1. The highest BCUT2D eigenvalue weighted by Gasteiger charge is 2.26. The molecule has 0 aliphatic heterocycles. The summed E-state index contributed by atoms with van der Waals surface area (Å²) in [6, 6.07) is 8.13. The Hall–Kier alpha value is -2.14. The highest BCUT2D eigenvalue weighted by Crippen LogP contribution is 2.33. The maximum atomic E-state index is 9.57. The fourth-order valence-electron chi connectivity index (χ4n) is 3.42. The number of fused-ring (bicyclic) bond motifs is 3. The minimum atomic E-state index is 0.214. The summed E-state index contributed by atoms with van der Waals surface area (Å²) >= 11 is 0. The van der Waals surface area contributed by atoms with Crippen molar-refractivity contribution in [2.24, 2.45) is 5.92 Å². The van der Waals surface area contributed by atoms with Gasteiger partial charge in [0.05, 0.1) is 0 Å². The number of nitrogens with one attached hydrogen (secondary N) is 1. The Balaban J connectivity index is 1.75. The van der Waals surface area contributed by atoms with Gasteiger partial charge >= 0.3 is 0 Å². The van der Waals surface area contributed by atoms with Crippen molar-refractivity contribution >= 4 is 27.9 Å². The first-order chi connectivity index (χ1) is 10.9. The van der Waals surface area contributed by atoms with Gasteiger partial charge in [-0.1, -0.05) is 25.0 Å². The average molecular weight is 297 g/mol. The average Bonchev–Trinajstić information content (AvgIpc) is 2.95. The van der Waals surface area contributed by atoms with Crippen molar-refractivity contribution in [3.05, 3.63) is 30.6 Å². The minimum Gasteiger partial charge on any atom is -0.450 e. The fraction of sp³-hybridized carbons (Fsp3) is 0.412. The summed E-state index contributed by atoms with van der Waals surface area (Å²) in [7, 11) is 0. The van der Waals surface area contributed by atoms with Crippen molar-refractivity contribution in [3.8, 4) is 0 Å². The summed E-state index contributed by atoms with van der Waals surface area (Å²) < 4.78 is 5.94. The van der Waals surface area contributed by atoms with Crippen molar-refractivity contribution in [2.45, 2.75) is 31.7 Å². The maximum Gasteiger partial charge on any atom is 0.196 e. The lowest BCUT2D eigenvalue weighted by Crippen LogP contribution is -2.34. The topological polar surface area (TPSA) is 71.2 Å². The number of benzene rings is 1. The van der Waals surface area contributed by atoms with Gasteiger partial charge in [0.1, 0.15) is 17.4 Å². The van der Waals surface area contributed by atoms with Crippen LogP contribution in [0.1, 0.15) is 25.7 Å². The number of nitrogens with zero attached hydrogens (tertiary/aromatic N) is 2. The van der Waals surface area contributed by atoms with Crippen molar-refractivity contribution in [1.29, 1.82) is 0 Å². The number of anilines is 1. The smallest absolute Gasteiger partial charge is 0.196 e. The third kappa shape index (κ3) is 2.22. The van der Waals surface area contributed by atoms with E-state index >= 15 is 0 Å². The third-order valence-electron chi connectivity index (χ3n) is 4.62. The molecule has 5 nitrogen and oxygen atoms in total. The summed E-state index contributed by atoms with van der Waals surface area (Å²) in [6.45, 7) is 0.214. The summed E-state index contributed by atoms with van der Waals surface area (Å²) in [5, 5.41) is 14.1. The van der Waals surface area contributed by atoms with Crippen LogP contribution in [0, 0.1) is 5.92 Å². The van der Waals surface area contributed by atoms with E-state index in [-0.39, 0.29) is 18.6 Å². The maximum absolute atomic E-state index is 9.57. The molecule has 1 aromatic carbocycles. The largest absolute Gasteiger partial charge is 0.450 e. The van der Waals surface area contributed by atoms with Crippen LogP contribution in [0.3, 0.4) is 0 Å². The molecule has 1 aliphatic carbocycles. The van der Waals surface area contributed by atoms with Crippen molar-refractivity contribution in [2.75, 3.05) is 11.9 Å². The van der Waals surface area contributed by atoms with Crippen LogP contribution in [-0.2, 0) is 0 Å². The number of para-hydroxylation sites is 1. The molecule has 3 aromatic rings. The fourth-order valence-corrected chi connectivity index (χ4v) is 3.42. The van der Waals surface area contributed by atoms with Crippen LogP contribution in [0.5, 0.6) is 0 Å². The van der Waals surface area contributed by atoms with E-state index in [0.29, 0.717) is 5.58 Å². The molecule has 1 aliphatic rings. The summed E-state index contributed by atoms with van der Waals surface area (Å²) in [4.78, 5) is 8.74. The van der Waals surface area contributed by atoms with Crippen LogP contribution >= 0.6 is 0 Å². The molecule has 2 N–H and O–H groups in total. The molecular formula is C17H19N3O2. The van der Waals surface area contributed by atoms with Crippen LogP contribution in [0.15, 0.2) is 35.0 Å². The number of aliphatic hydroxyl groups is 1. The molecule has 0 bridgehead atoms. The molecule has 5 heteroatoms. The van der Waals surface area contributed by atoms with Gasteiger partial charge in [-0.25, -0.2) is 9.97 Å². The van der Waals surface area contributed by atoms with Crippen molar-refractivity contribution in [1.82, 2.24) is 9.97 Å². The van der Waals surface area contributed by atoms with Gasteiger partial charge < -0.3 is 14.8 Å². The van der Waals surface area contributed by atoms with E-state index in [1.807, 2.05) is 24.3 Å². The molecular weight excluding hydrogens is 278 g/mol. The van der Waals surface area contributed by atoms with Gasteiger partial charge in [0.15, 0.2) is 11.4 Å². The Kier molecular flexibility index (Phi) is 3.42. The first-order valence-electron chi connectivity index (χ1n) is 7.86. The van der Waals surface area contributed by atoms with Gasteiger partial charge in [-0.2, -0.15) is 0 Å². The quantitative estimate of drug-likeness (QED) is 0.776. The van der Waals surface area contributed by atoms with E-state index in [4.69, 9.17) is 4.42 Å². The summed E-state index contributed by atoms with van der Waals surface area (Å²) in [6.07, 6.45) is 6.05. The predicted molar refractivity (Wildman–Crippen MR) is 85.8 cm³/mol. The number of aliphatic hydroxyl groups excluding tert-OH is 1. The number of furan rings is 1. The zero-order chi connectivity index (χ0) is 14.9. The van der Waals surface area contributed by atoms with Gasteiger partial charge in [-0.3, -0.25) is 0 Å². The lowest BCUT2D eigenvalue weighted by molar-refractivity contribution is 0.178. The minimum absolute atomic E-state index is 0.214. The van der Waals surface area contributed by atoms with E-state index in [1.54, 1.807) is 6.33 Å². The molecule has 0 spiro atoms. The monoisotopic (exact) mass is 297 g/mol. The predicted octanol–water partition coefficient (Wildman–Crippen LogP) is 3.34. The van der Waals surface area contributed by atoms with E-state index < -0.39 is 0 Å². The van der Waals surface area contributed by atoms with Crippen molar-refractivity contribution < 1.29 is 9.52 Å². The number of hydrogen-bond donors (Lipinski definition) is 2. The van der Waals surface area contributed by atoms with Crippen LogP contribution < -0.4 is 5.32 Å². The molecule has 1 saturated carbocycles.